The maximum absolute atomic E-state index is 9.71. The molecule has 1 N–H and O–H groups in total. The zero-order valence-corrected chi connectivity index (χ0v) is 12.9. The van der Waals surface area contributed by atoms with Gasteiger partial charge in [0.25, 0.3) is 0 Å². The Hall–Kier alpha value is -0.930. The molecule has 0 amide bonds. The lowest BCUT2D eigenvalue weighted by Gasteiger charge is -2.33. The summed E-state index contributed by atoms with van der Waals surface area (Å²) in [5.74, 6) is 0.298. The number of aliphatic hydroxyl groups excluding tert-OH is 1. The fourth-order valence-electron chi connectivity index (χ4n) is 2.09. The molecule has 106 valence electrons. The minimum Gasteiger partial charge on any atom is -0.512 e. The minimum absolute atomic E-state index is 0.298. The number of hydrogen-bond acceptors (Lipinski definition) is 3. The first-order valence-corrected chi connectivity index (χ1v) is 7.03. The fourth-order valence-corrected chi connectivity index (χ4v) is 2.64. The van der Waals surface area contributed by atoms with Crippen molar-refractivity contribution in [2.24, 2.45) is 5.10 Å². The standard InChI is InChI=1S/C14H20Cl2N2O/c1-4-6-12(19)7-8-14(9-11(15)5-2)10-13(16)17-18(14)3/h4,6,9,19H,1,5,7-8,10H2,2-3H3/b11-9?,12-6+. The summed E-state index contributed by atoms with van der Waals surface area (Å²) in [5.41, 5.74) is -0.354. The van der Waals surface area contributed by atoms with E-state index >= 15 is 0 Å². The average Bonchev–Trinajstić information content (AvgIpc) is 2.62. The van der Waals surface area contributed by atoms with Crippen molar-refractivity contribution >= 4 is 28.4 Å². The van der Waals surface area contributed by atoms with Crippen molar-refractivity contribution in [1.82, 2.24) is 5.01 Å². The summed E-state index contributed by atoms with van der Waals surface area (Å²) < 4.78 is 0. The quantitative estimate of drug-likeness (QED) is 0.577. The van der Waals surface area contributed by atoms with Gasteiger partial charge < -0.3 is 5.11 Å². The van der Waals surface area contributed by atoms with Crippen LogP contribution in [0.15, 0.2) is 40.7 Å². The lowest BCUT2D eigenvalue weighted by Crippen LogP contribution is -2.38. The summed E-state index contributed by atoms with van der Waals surface area (Å²) in [7, 11) is 1.87. The first-order chi connectivity index (χ1) is 8.93. The van der Waals surface area contributed by atoms with Gasteiger partial charge in [0.1, 0.15) is 5.17 Å². The summed E-state index contributed by atoms with van der Waals surface area (Å²) in [6.07, 6.45) is 7.76. The molecule has 0 saturated carbocycles. The smallest absolute Gasteiger partial charge is 0.129 e. The monoisotopic (exact) mass is 302 g/mol. The topological polar surface area (TPSA) is 35.8 Å². The Kier molecular flexibility index (Phi) is 5.95. The summed E-state index contributed by atoms with van der Waals surface area (Å²) in [6, 6.07) is 0. The lowest BCUT2D eigenvalue weighted by atomic mass is 9.89. The van der Waals surface area contributed by atoms with Gasteiger partial charge in [-0.25, -0.2) is 0 Å². The van der Waals surface area contributed by atoms with Gasteiger partial charge in [-0.1, -0.05) is 42.8 Å². The van der Waals surface area contributed by atoms with Gasteiger partial charge in [0.2, 0.25) is 0 Å². The number of nitrogens with zero attached hydrogens (tertiary/aromatic N) is 2. The zero-order valence-electron chi connectivity index (χ0n) is 11.4. The van der Waals surface area contributed by atoms with Gasteiger partial charge >= 0.3 is 0 Å². The molecule has 0 fully saturated rings. The van der Waals surface area contributed by atoms with Gasteiger partial charge in [0.05, 0.1) is 11.3 Å². The van der Waals surface area contributed by atoms with Crippen molar-refractivity contribution in [3.63, 3.8) is 0 Å². The minimum atomic E-state index is -0.354. The highest BCUT2D eigenvalue weighted by atomic mass is 35.5. The van der Waals surface area contributed by atoms with E-state index in [1.165, 1.54) is 0 Å². The van der Waals surface area contributed by atoms with Crippen LogP contribution in [0.4, 0.5) is 0 Å². The number of aliphatic hydroxyl groups is 1. The molecule has 1 heterocycles. The molecule has 5 heteroatoms. The number of allylic oxidation sites excluding steroid dienone is 4. The molecule has 0 aromatic rings. The Morgan fingerprint density at radius 1 is 1.63 bits per heavy atom. The van der Waals surface area contributed by atoms with Crippen molar-refractivity contribution < 1.29 is 5.11 Å². The molecule has 3 nitrogen and oxygen atoms in total. The van der Waals surface area contributed by atoms with Gasteiger partial charge in [-0.05, 0) is 25.0 Å². The van der Waals surface area contributed by atoms with Gasteiger partial charge in [-0.2, -0.15) is 5.10 Å². The largest absolute Gasteiger partial charge is 0.512 e. The second-order valence-electron chi connectivity index (χ2n) is 4.62. The molecule has 0 radical (unpaired) electrons. The molecule has 0 aromatic carbocycles. The van der Waals surface area contributed by atoms with Gasteiger partial charge in [-0.3, -0.25) is 5.01 Å². The maximum Gasteiger partial charge on any atom is 0.129 e. The first-order valence-electron chi connectivity index (χ1n) is 6.28. The van der Waals surface area contributed by atoms with Crippen molar-refractivity contribution in [3.05, 3.63) is 35.6 Å². The Morgan fingerprint density at radius 2 is 2.32 bits per heavy atom. The molecule has 1 unspecified atom stereocenters. The predicted octanol–water partition coefficient (Wildman–Crippen LogP) is 4.55. The highest BCUT2D eigenvalue weighted by molar-refractivity contribution is 6.65. The summed E-state index contributed by atoms with van der Waals surface area (Å²) >= 11 is 12.2. The van der Waals surface area contributed by atoms with Crippen LogP contribution in [0.2, 0.25) is 0 Å². The number of hydrazone groups is 1. The maximum atomic E-state index is 9.71. The third-order valence-corrected chi connectivity index (χ3v) is 3.83. The van der Waals surface area contributed by atoms with E-state index in [0.717, 1.165) is 11.5 Å². The van der Waals surface area contributed by atoms with E-state index < -0.39 is 0 Å². The number of likely N-dealkylation sites (N-methyl/N-ethyl adjacent to an activating group) is 1. The van der Waals surface area contributed by atoms with E-state index in [-0.39, 0.29) is 5.54 Å². The highest BCUT2D eigenvalue weighted by Crippen LogP contribution is 2.36. The summed E-state index contributed by atoms with van der Waals surface area (Å²) in [5, 5.41) is 17.1. The second-order valence-corrected chi connectivity index (χ2v) is 5.54. The molecule has 1 rings (SSSR count). The normalized spacial score (nSPS) is 24.6. The molecule has 0 bridgehead atoms. The van der Waals surface area contributed by atoms with Crippen molar-refractivity contribution in [2.75, 3.05) is 7.05 Å². The Balaban J connectivity index is 2.89. The summed E-state index contributed by atoms with van der Waals surface area (Å²) in [6.45, 7) is 5.56. The SMILES string of the molecule is C=C/C=C(/O)CCC1(C=C(Cl)CC)CC(Cl)=NN1C. The molecule has 19 heavy (non-hydrogen) atoms. The highest BCUT2D eigenvalue weighted by Gasteiger charge is 2.38. The van der Waals surface area contributed by atoms with Crippen molar-refractivity contribution in [2.45, 2.75) is 38.1 Å². The predicted molar refractivity (Wildman–Crippen MR) is 82.8 cm³/mol. The molecule has 0 aliphatic carbocycles. The van der Waals surface area contributed by atoms with Crippen LogP contribution in [-0.2, 0) is 0 Å². The van der Waals surface area contributed by atoms with E-state index in [0.29, 0.717) is 30.2 Å². The Bertz CT molecular complexity index is 429. The van der Waals surface area contributed by atoms with Crippen LogP contribution in [0.25, 0.3) is 0 Å². The first kappa shape index (κ1) is 16.1. The number of rotatable bonds is 6. The molecule has 1 atom stereocenters. The van der Waals surface area contributed by atoms with E-state index in [9.17, 15) is 5.11 Å². The fraction of sp³-hybridized carbons (Fsp3) is 0.500. The second kappa shape index (κ2) is 7.01. The lowest BCUT2D eigenvalue weighted by molar-refractivity contribution is 0.185. The van der Waals surface area contributed by atoms with Gasteiger partial charge in [0.15, 0.2) is 0 Å². The average molecular weight is 303 g/mol. The Labute approximate surface area is 124 Å². The van der Waals surface area contributed by atoms with Crippen LogP contribution < -0.4 is 0 Å². The molecule has 1 aliphatic rings. The van der Waals surface area contributed by atoms with Crippen LogP contribution in [0.3, 0.4) is 0 Å². The molecule has 0 aromatic heterocycles. The van der Waals surface area contributed by atoms with Crippen LogP contribution in [-0.4, -0.2) is 27.9 Å². The molecule has 0 spiro atoms. The van der Waals surface area contributed by atoms with Crippen molar-refractivity contribution in [3.8, 4) is 0 Å². The zero-order chi connectivity index (χ0) is 14.5. The number of halogens is 2. The van der Waals surface area contributed by atoms with E-state index in [2.05, 4.69) is 11.7 Å². The van der Waals surface area contributed by atoms with Crippen LogP contribution in [0.1, 0.15) is 32.6 Å². The van der Waals surface area contributed by atoms with Crippen LogP contribution >= 0.6 is 23.2 Å². The van der Waals surface area contributed by atoms with Crippen molar-refractivity contribution in [1.29, 1.82) is 0 Å². The molecule has 0 saturated heterocycles. The molecular formula is C14H20Cl2N2O. The third-order valence-electron chi connectivity index (χ3n) is 3.24. The third kappa shape index (κ3) is 4.29. The Morgan fingerprint density at radius 3 is 2.79 bits per heavy atom. The van der Waals surface area contributed by atoms with Gasteiger partial charge in [-0.15, -0.1) is 0 Å². The van der Waals surface area contributed by atoms with E-state index in [1.807, 2.05) is 25.1 Å². The molecule has 1 aliphatic heterocycles. The molecular weight excluding hydrogens is 283 g/mol. The number of hydrogen-bond donors (Lipinski definition) is 1. The van der Waals surface area contributed by atoms with E-state index in [4.69, 9.17) is 23.2 Å². The van der Waals surface area contributed by atoms with Crippen LogP contribution in [0, 0.1) is 0 Å². The van der Waals surface area contributed by atoms with E-state index in [1.54, 1.807) is 12.2 Å². The van der Waals surface area contributed by atoms with Crippen LogP contribution in [0.5, 0.6) is 0 Å². The summed E-state index contributed by atoms with van der Waals surface area (Å²) in [4.78, 5) is 0. The van der Waals surface area contributed by atoms with Gasteiger partial charge in [0, 0.05) is 24.9 Å².